The second kappa shape index (κ2) is 59.2. The molecule has 2 unspecified atom stereocenters. The van der Waals surface area contributed by atoms with Gasteiger partial charge in [-0.25, -0.2) is 0 Å². The SMILES string of the molecule is CCCCCCCCCCCCCCCCC(=O)OCCCCCCCCCCCCCC/C=C\CCCCCCCCCCCCCCCC(=O)NC(CO)C(O)CCCCCCCCCCC. The van der Waals surface area contributed by atoms with E-state index < -0.39 is 12.1 Å². The maximum atomic E-state index is 12.4. The molecule has 0 rings (SSSR count). The quantitative estimate of drug-likeness (QED) is 0.0321. The molecule has 0 saturated heterocycles. The second-order valence-corrected chi connectivity index (χ2v) is 21.7. The van der Waals surface area contributed by atoms with E-state index in [-0.39, 0.29) is 18.5 Å². The third-order valence-corrected chi connectivity index (χ3v) is 14.8. The minimum absolute atomic E-state index is 0.0192. The van der Waals surface area contributed by atoms with E-state index in [1.165, 1.54) is 283 Å². The van der Waals surface area contributed by atoms with Crippen molar-refractivity contribution in [3.05, 3.63) is 12.2 Å². The molecule has 0 aromatic heterocycles. The largest absolute Gasteiger partial charge is 0.466 e. The molecule has 0 radical (unpaired) electrons. The molecule has 1 amide bonds. The van der Waals surface area contributed by atoms with Crippen molar-refractivity contribution in [1.29, 1.82) is 0 Å². The summed E-state index contributed by atoms with van der Waals surface area (Å²) in [4.78, 5) is 24.5. The molecular weight excluding hydrogens is 851 g/mol. The van der Waals surface area contributed by atoms with Gasteiger partial charge in [0.15, 0.2) is 0 Å². The molecule has 0 saturated carbocycles. The molecule has 0 heterocycles. The lowest BCUT2D eigenvalue weighted by Crippen LogP contribution is -2.45. The minimum Gasteiger partial charge on any atom is -0.466 e. The number of esters is 1. The Bertz CT molecular complexity index is 1030. The van der Waals surface area contributed by atoms with Gasteiger partial charge in [-0.05, 0) is 51.4 Å². The summed E-state index contributed by atoms with van der Waals surface area (Å²) in [5, 5.41) is 23.1. The molecule has 69 heavy (non-hydrogen) atoms. The van der Waals surface area contributed by atoms with E-state index in [4.69, 9.17) is 4.74 Å². The highest BCUT2D eigenvalue weighted by Gasteiger charge is 2.20. The molecule has 0 aliphatic rings. The number of hydrogen-bond acceptors (Lipinski definition) is 5. The van der Waals surface area contributed by atoms with Crippen LogP contribution in [0.5, 0.6) is 0 Å². The van der Waals surface area contributed by atoms with Gasteiger partial charge in [-0.1, -0.05) is 302 Å². The molecule has 0 aromatic rings. The van der Waals surface area contributed by atoms with Crippen LogP contribution in [0.3, 0.4) is 0 Å². The monoisotopic (exact) mass is 974 g/mol. The lowest BCUT2D eigenvalue weighted by molar-refractivity contribution is -0.143. The Morgan fingerprint density at radius 2 is 0.681 bits per heavy atom. The molecule has 0 aliphatic heterocycles. The van der Waals surface area contributed by atoms with Crippen LogP contribution in [0, 0.1) is 0 Å². The van der Waals surface area contributed by atoms with Gasteiger partial charge in [-0.3, -0.25) is 9.59 Å². The Morgan fingerprint density at radius 3 is 1.03 bits per heavy atom. The van der Waals surface area contributed by atoms with Crippen molar-refractivity contribution in [3.63, 3.8) is 0 Å². The van der Waals surface area contributed by atoms with Gasteiger partial charge in [0.2, 0.25) is 5.91 Å². The third kappa shape index (κ3) is 55.8. The van der Waals surface area contributed by atoms with Crippen LogP contribution < -0.4 is 5.32 Å². The number of carbonyl (C=O) groups is 2. The number of amides is 1. The van der Waals surface area contributed by atoms with Gasteiger partial charge in [0.25, 0.3) is 0 Å². The number of aliphatic hydroxyl groups is 2. The van der Waals surface area contributed by atoms with Crippen molar-refractivity contribution in [2.75, 3.05) is 13.2 Å². The topological polar surface area (TPSA) is 95.9 Å². The fraction of sp³-hybridized carbons (Fsp3) is 0.937. The molecular formula is C63H123NO5. The summed E-state index contributed by atoms with van der Waals surface area (Å²) in [5.74, 6) is -0.0159. The zero-order valence-electron chi connectivity index (χ0n) is 46.8. The van der Waals surface area contributed by atoms with Crippen LogP contribution in [0.25, 0.3) is 0 Å². The van der Waals surface area contributed by atoms with Crippen molar-refractivity contribution >= 4 is 11.9 Å². The predicted octanol–water partition coefficient (Wildman–Crippen LogP) is 19.6. The number of nitrogens with one attached hydrogen (secondary N) is 1. The van der Waals surface area contributed by atoms with Gasteiger partial charge < -0.3 is 20.3 Å². The first-order valence-corrected chi connectivity index (χ1v) is 31.4. The molecule has 6 nitrogen and oxygen atoms in total. The van der Waals surface area contributed by atoms with Gasteiger partial charge in [0, 0.05) is 12.8 Å². The Kier molecular flexibility index (Phi) is 58.0. The van der Waals surface area contributed by atoms with Crippen LogP contribution >= 0.6 is 0 Å². The van der Waals surface area contributed by atoms with Crippen LogP contribution in [-0.4, -0.2) is 47.4 Å². The average molecular weight is 975 g/mol. The van der Waals surface area contributed by atoms with Crippen molar-refractivity contribution in [1.82, 2.24) is 5.32 Å². The van der Waals surface area contributed by atoms with E-state index in [1.54, 1.807) is 0 Å². The molecule has 0 aliphatic carbocycles. The number of ether oxygens (including phenoxy) is 1. The van der Waals surface area contributed by atoms with Crippen LogP contribution in [0.2, 0.25) is 0 Å². The fourth-order valence-corrected chi connectivity index (χ4v) is 9.99. The maximum Gasteiger partial charge on any atom is 0.305 e. The number of unbranched alkanes of at least 4 members (excludes halogenated alkanes) is 46. The maximum absolute atomic E-state index is 12.4. The first-order chi connectivity index (χ1) is 34.0. The van der Waals surface area contributed by atoms with E-state index in [9.17, 15) is 19.8 Å². The zero-order valence-corrected chi connectivity index (χ0v) is 46.8. The normalized spacial score (nSPS) is 12.6. The van der Waals surface area contributed by atoms with E-state index >= 15 is 0 Å². The molecule has 0 spiro atoms. The minimum atomic E-state index is -0.660. The first-order valence-electron chi connectivity index (χ1n) is 31.4. The second-order valence-electron chi connectivity index (χ2n) is 21.7. The van der Waals surface area contributed by atoms with Crippen molar-refractivity contribution < 1.29 is 24.5 Å². The number of rotatable bonds is 59. The highest BCUT2D eigenvalue weighted by atomic mass is 16.5. The van der Waals surface area contributed by atoms with Crippen LogP contribution in [0.15, 0.2) is 12.2 Å². The molecule has 2 atom stereocenters. The lowest BCUT2D eigenvalue weighted by Gasteiger charge is -2.22. The van der Waals surface area contributed by atoms with Gasteiger partial charge in [-0.15, -0.1) is 0 Å². The number of allylic oxidation sites excluding steroid dienone is 2. The molecule has 410 valence electrons. The first kappa shape index (κ1) is 67.6. The summed E-state index contributed by atoms with van der Waals surface area (Å²) < 4.78 is 5.49. The smallest absolute Gasteiger partial charge is 0.305 e. The van der Waals surface area contributed by atoms with E-state index in [2.05, 4.69) is 31.3 Å². The summed E-state index contributed by atoms with van der Waals surface area (Å²) in [7, 11) is 0. The summed E-state index contributed by atoms with van der Waals surface area (Å²) in [5.41, 5.74) is 0. The lowest BCUT2D eigenvalue weighted by atomic mass is 10.0. The van der Waals surface area contributed by atoms with Crippen LogP contribution in [0.1, 0.15) is 354 Å². The standard InChI is InChI=1S/C63H123NO5/c1-3-5-7-9-11-13-14-15-34-37-41-45-49-53-57-63(68)69-58-54-50-46-42-38-35-32-30-28-26-24-22-20-18-16-17-19-21-23-25-27-29-31-33-36-40-44-48-52-56-62(67)64-60(59-65)61(66)55-51-47-43-39-12-10-8-6-4-2/h16,18,60-61,65-66H,3-15,17,19-59H2,1-2H3,(H,64,67)/b18-16-. The summed E-state index contributed by atoms with van der Waals surface area (Å²) in [6.45, 7) is 4.96. The summed E-state index contributed by atoms with van der Waals surface area (Å²) >= 11 is 0. The van der Waals surface area contributed by atoms with Crippen LogP contribution in [-0.2, 0) is 14.3 Å². The van der Waals surface area contributed by atoms with E-state index in [0.717, 1.165) is 38.5 Å². The Balaban J connectivity index is 3.32. The van der Waals surface area contributed by atoms with Crippen LogP contribution in [0.4, 0.5) is 0 Å². The van der Waals surface area contributed by atoms with Gasteiger partial charge in [0.05, 0.1) is 25.4 Å². The van der Waals surface area contributed by atoms with Crippen molar-refractivity contribution in [3.8, 4) is 0 Å². The van der Waals surface area contributed by atoms with E-state index in [1.807, 2.05) is 0 Å². The van der Waals surface area contributed by atoms with Gasteiger partial charge >= 0.3 is 5.97 Å². The van der Waals surface area contributed by atoms with Crippen molar-refractivity contribution in [2.24, 2.45) is 0 Å². The predicted molar refractivity (Wildman–Crippen MR) is 301 cm³/mol. The van der Waals surface area contributed by atoms with E-state index in [0.29, 0.717) is 25.9 Å². The summed E-state index contributed by atoms with van der Waals surface area (Å²) in [6.07, 6.45) is 71.0. The summed E-state index contributed by atoms with van der Waals surface area (Å²) in [6, 6.07) is -0.538. The Morgan fingerprint density at radius 1 is 0.391 bits per heavy atom. The third-order valence-electron chi connectivity index (χ3n) is 14.8. The van der Waals surface area contributed by atoms with Crippen molar-refractivity contribution in [2.45, 2.75) is 366 Å². The van der Waals surface area contributed by atoms with Gasteiger partial charge in [0.1, 0.15) is 0 Å². The number of aliphatic hydroxyl groups excluding tert-OH is 2. The highest BCUT2D eigenvalue weighted by Crippen LogP contribution is 2.18. The fourth-order valence-electron chi connectivity index (χ4n) is 9.99. The average Bonchev–Trinajstić information content (AvgIpc) is 3.35. The zero-order chi connectivity index (χ0) is 50.0. The highest BCUT2D eigenvalue weighted by molar-refractivity contribution is 5.76. The Hall–Kier alpha value is -1.40. The number of hydrogen-bond donors (Lipinski definition) is 3. The molecule has 3 N–H and O–H groups in total. The number of carbonyl (C=O) groups excluding carboxylic acids is 2. The molecule has 0 bridgehead atoms. The van der Waals surface area contributed by atoms with Gasteiger partial charge in [-0.2, -0.15) is 0 Å². The molecule has 0 fully saturated rings. The Labute approximate surface area is 431 Å². The molecule has 6 heteroatoms. The molecule has 0 aromatic carbocycles.